The minimum atomic E-state index is 0.242. The monoisotopic (exact) mass is 279 g/mol. The predicted molar refractivity (Wildman–Crippen MR) is 82.9 cm³/mol. The van der Waals surface area contributed by atoms with Gasteiger partial charge in [-0.1, -0.05) is 34.6 Å². The molecule has 1 fully saturated rings. The maximum absolute atomic E-state index is 6.23. The molecule has 2 atom stereocenters. The van der Waals surface area contributed by atoms with Crippen LogP contribution in [0.15, 0.2) is 0 Å². The van der Waals surface area contributed by atoms with Gasteiger partial charge >= 0.3 is 0 Å². The first-order valence-corrected chi connectivity index (χ1v) is 7.68. The maximum atomic E-state index is 6.23. The Kier molecular flexibility index (Phi) is 4.03. The Morgan fingerprint density at radius 2 is 2.00 bits per heavy atom. The van der Waals surface area contributed by atoms with Gasteiger partial charge in [-0.25, -0.2) is 4.68 Å². The number of nitrogens with zero attached hydrogens (tertiary/aromatic N) is 2. The fraction of sp³-hybridized carbons (Fsp3) is 0.812. The first kappa shape index (κ1) is 15.2. The van der Waals surface area contributed by atoms with Gasteiger partial charge in [0.15, 0.2) is 0 Å². The minimum Gasteiger partial charge on any atom is -0.473 e. The number of aromatic nitrogens is 2. The zero-order valence-electron chi connectivity index (χ0n) is 13.7. The molecule has 0 saturated heterocycles. The molecule has 1 heterocycles. The van der Waals surface area contributed by atoms with Gasteiger partial charge in [-0.3, -0.25) is 0 Å². The van der Waals surface area contributed by atoms with Crippen molar-refractivity contribution < 1.29 is 4.74 Å². The number of ether oxygens (including phenoxy) is 1. The van der Waals surface area contributed by atoms with Gasteiger partial charge in [-0.05, 0) is 36.5 Å². The Labute approximate surface area is 122 Å². The highest BCUT2D eigenvalue weighted by molar-refractivity contribution is 5.54. The van der Waals surface area contributed by atoms with Crippen LogP contribution in [0.2, 0.25) is 0 Å². The fourth-order valence-corrected chi connectivity index (χ4v) is 3.62. The average molecular weight is 279 g/mol. The summed E-state index contributed by atoms with van der Waals surface area (Å²) in [5.41, 5.74) is 8.20. The molecule has 0 bridgehead atoms. The van der Waals surface area contributed by atoms with Crippen molar-refractivity contribution in [2.24, 2.45) is 18.4 Å². The topological polar surface area (TPSA) is 53.1 Å². The third kappa shape index (κ3) is 3.10. The lowest BCUT2D eigenvalue weighted by atomic mass is 9.71. The van der Waals surface area contributed by atoms with Crippen LogP contribution in [-0.2, 0) is 7.05 Å². The van der Waals surface area contributed by atoms with E-state index in [9.17, 15) is 0 Å². The molecule has 0 spiro atoms. The van der Waals surface area contributed by atoms with E-state index >= 15 is 0 Å². The SMILES string of the molecule is CC1CC(Oc2c(N)c(C(C)C)nn2C)CC(C)(C)C1. The van der Waals surface area contributed by atoms with E-state index in [0.717, 1.165) is 24.4 Å². The Balaban J connectivity index is 2.18. The van der Waals surface area contributed by atoms with E-state index in [2.05, 4.69) is 39.7 Å². The van der Waals surface area contributed by atoms with Gasteiger partial charge in [-0.2, -0.15) is 5.10 Å². The molecule has 0 aromatic carbocycles. The summed E-state index contributed by atoms with van der Waals surface area (Å²) in [6, 6.07) is 0. The predicted octanol–water partition coefficient (Wildman–Crippen LogP) is 3.72. The van der Waals surface area contributed by atoms with Crippen LogP contribution < -0.4 is 10.5 Å². The van der Waals surface area contributed by atoms with Crippen LogP contribution >= 0.6 is 0 Å². The third-order valence-corrected chi connectivity index (χ3v) is 4.23. The van der Waals surface area contributed by atoms with E-state index in [4.69, 9.17) is 10.5 Å². The molecule has 1 aromatic heterocycles. The van der Waals surface area contributed by atoms with Crippen molar-refractivity contribution >= 4 is 5.69 Å². The smallest absolute Gasteiger partial charge is 0.236 e. The molecule has 1 saturated carbocycles. The highest BCUT2D eigenvalue weighted by atomic mass is 16.5. The first-order chi connectivity index (χ1) is 9.19. The van der Waals surface area contributed by atoms with Crippen molar-refractivity contribution in [1.29, 1.82) is 0 Å². The molecule has 20 heavy (non-hydrogen) atoms. The zero-order chi connectivity index (χ0) is 15.1. The van der Waals surface area contributed by atoms with Gasteiger partial charge in [0.25, 0.3) is 0 Å². The Hall–Kier alpha value is -1.19. The van der Waals surface area contributed by atoms with Gasteiger partial charge in [0.2, 0.25) is 5.88 Å². The van der Waals surface area contributed by atoms with Gasteiger partial charge in [0.05, 0.1) is 5.69 Å². The van der Waals surface area contributed by atoms with Crippen molar-refractivity contribution in [2.45, 2.75) is 65.9 Å². The van der Waals surface area contributed by atoms with E-state index in [-0.39, 0.29) is 6.10 Å². The number of hydrogen-bond acceptors (Lipinski definition) is 3. The molecule has 2 rings (SSSR count). The van der Waals surface area contributed by atoms with E-state index < -0.39 is 0 Å². The number of rotatable bonds is 3. The van der Waals surface area contributed by atoms with Crippen LogP contribution in [0.25, 0.3) is 0 Å². The molecule has 1 aliphatic rings. The number of nitrogen functional groups attached to an aromatic ring is 1. The van der Waals surface area contributed by atoms with Crippen LogP contribution in [0.5, 0.6) is 5.88 Å². The average Bonchev–Trinajstić information content (AvgIpc) is 2.54. The summed E-state index contributed by atoms with van der Waals surface area (Å²) < 4.78 is 8.02. The molecule has 1 aliphatic carbocycles. The molecule has 2 unspecified atom stereocenters. The molecule has 1 aromatic rings. The quantitative estimate of drug-likeness (QED) is 0.917. The first-order valence-electron chi connectivity index (χ1n) is 7.68. The van der Waals surface area contributed by atoms with E-state index in [0.29, 0.717) is 22.9 Å². The molecular formula is C16H29N3O. The highest BCUT2D eigenvalue weighted by Gasteiger charge is 2.34. The normalized spacial score (nSPS) is 25.9. The van der Waals surface area contributed by atoms with Crippen molar-refractivity contribution in [3.8, 4) is 5.88 Å². The Morgan fingerprint density at radius 3 is 2.50 bits per heavy atom. The molecule has 4 heteroatoms. The number of nitrogens with two attached hydrogens (primary N) is 1. The lowest BCUT2D eigenvalue weighted by molar-refractivity contribution is 0.0509. The summed E-state index contributed by atoms with van der Waals surface area (Å²) in [5, 5.41) is 4.50. The van der Waals surface area contributed by atoms with Gasteiger partial charge in [-0.15, -0.1) is 0 Å². The van der Waals surface area contributed by atoms with E-state index in [1.165, 1.54) is 6.42 Å². The Morgan fingerprint density at radius 1 is 1.35 bits per heavy atom. The van der Waals surface area contributed by atoms with Crippen molar-refractivity contribution in [3.05, 3.63) is 5.69 Å². The zero-order valence-corrected chi connectivity index (χ0v) is 13.7. The summed E-state index contributed by atoms with van der Waals surface area (Å²) in [5.74, 6) is 1.76. The molecule has 0 amide bonds. The molecule has 4 nitrogen and oxygen atoms in total. The number of anilines is 1. The van der Waals surface area contributed by atoms with Crippen LogP contribution in [0, 0.1) is 11.3 Å². The summed E-state index contributed by atoms with van der Waals surface area (Å²) in [7, 11) is 1.91. The number of aryl methyl sites for hydroxylation is 1. The van der Waals surface area contributed by atoms with Gasteiger partial charge in [0.1, 0.15) is 11.8 Å². The molecule has 114 valence electrons. The number of hydrogen-bond donors (Lipinski definition) is 1. The van der Waals surface area contributed by atoms with Crippen molar-refractivity contribution in [3.63, 3.8) is 0 Å². The summed E-state index contributed by atoms with van der Waals surface area (Å²) >= 11 is 0. The summed E-state index contributed by atoms with van der Waals surface area (Å²) in [6.45, 7) is 11.2. The summed E-state index contributed by atoms with van der Waals surface area (Å²) in [4.78, 5) is 0. The molecular weight excluding hydrogens is 250 g/mol. The van der Waals surface area contributed by atoms with E-state index in [1.54, 1.807) is 4.68 Å². The third-order valence-electron chi connectivity index (χ3n) is 4.23. The molecule has 0 aliphatic heterocycles. The lowest BCUT2D eigenvalue weighted by Crippen LogP contribution is -2.34. The second-order valence-corrected chi connectivity index (χ2v) is 7.54. The van der Waals surface area contributed by atoms with Gasteiger partial charge < -0.3 is 10.5 Å². The minimum absolute atomic E-state index is 0.242. The Bertz CT molecular complexity index is 476. The van der Waals surface area contributed by atoms with Crippen LogP contribution in [0.3, 0.4) is 0 Å². The van der Waals surface area contributed by atoms with Gasteiger partial charge in [0, 0.05) is 7.05 Å². The van der Waals surface area contributed by atoms with Crippen LogP contribution in [-0.4, -0.2) is 15.9 Å². The fourth-order valence-electron chi connectivity index (χ4n) is 3.62. The summed E-state index contributed by atoms with van der Waals surface area (Å²) in [6.07, 6.45) is 3.70. The van der Waals surface area contributed by atoms with Crippen LogP contribution in [0.4, 0.5) is 5.69 Å². The molecule has 2 N–H and O–H groups in total. The van der Waals surface area contributed by atoms with E-state index in [1.807, 2.05) is 7.05 Å². The second kappa shape index (κ2) is 5.30. The van der Waals surface area contributed by atoms with Crippen molar-refractivity contribution in [2.75, 3.05) is 5.73 Å². The largest absolute Gasteiger partial charge is 0.473 e. The maximum Gasteiger partial charge on any atom is 0.236 e. The standard InChI is InChI=1S/C16H29N3O/c1-10(2)14-13(17)15(19(6)18-14)20-12-7-11(3)8-16(4,5)9-12/h10-12H,7-9,17H2,1-6H3. The second-order valence-electron chi connectivity index (χ2n) is 7.54. The van der Waals surface area contributed by atoms with Crippen molar-refractivity contribution in [1.82, 2.24) is 9.78 Å². The van der Waals surface area contributed by atoms with Crippen LogP contribution in [0.1, 0.15) is 65.5 Å². The molecule has 0 radical (unpaired) electrons. The lowest BCUT2D eigenvalue weighted by Gasteiger charge is -2.38. The highest BCUT2D eigenvalue weighted by Crippen LogP contribution is 2.41.